The Balaban J connectivity index is 1.89. The van der Waals surface area contributed by atoms with Crippen molar-refractivity contribution in [3.8, 4) is 5.75 Å². The first-order valence-corrected chi connectivity index (χ1v) is 9.04. The minimum Gasteiger partial charge on any atom is -0.489 e. The first-order chi connectivity index (χ1) is 13.6. The highest BCUT2D eigenvalue weighted by Gasteiger charge is 2.12. The van der Waals surface area contributed by atoms with E-state index in [2.05, 4.69) is 4.74 Å². The van der Waals surface area contributed by atoms with Gasteiger partial charge in [0.1, 0.15) is 12.4 Å². The van der Waals surface area contributed by atoms with Crippen LogP contribution in [0, 0.1) is 0 Å². The zero-order chi connectivity index (χ0) is 20.2. The molecule has 1 N–H and O–H groups in total. The molecule has 0 aliphatic heterocycles. The number of amides is 1. The van der Waals surface area contributed by atoms with E-state index in [4.69, 9.17) is 9.84 Å². The summed E-state index contributed by atoms with van der Waals surface area (Å²) in [6.07, 6.45) is 3.20. The van der Waals surface area contributed by atoms with Crippen LogP contribution in [0.3, 0.4) is 0 Å². The Labute approximate surface area is 165 Å². The number of benzene rings is 2. The van der Waals surface area contributed by atoms with Crippen LogP contribution >= 0.6 is 0 Å². The number of carbonyl (C=O) groups is 2. The van der Waals surface area contributed by atoms with Crippen molar-refractivity contribution in [1.82, 2.24) is 4.90 Å². The number of carbonyl (C=O) groups excluding carboxylic acids is 2. The molecule has 6 heteroatoms. The highest BCUT2D eigenvalue weighted by molar-refractivity contribution is 5.92. The molecule has 0 saturated carbocycles. The van der Waals surface area contributed by atoms with E-state index in [-0.39, 0.29) is 32.0 Å². The standard InChI is InChI=1S/C22H25NO5/c1-27-22(26)13-14-23(15-16-24)21(25)12-9-18-7-10-20(11-8-18)28-17-19-5-3-2-4-6-19/h2-12,24H,13-17H2,1H3/b12-9+. The van der Waals surface area contributed by atoms with E-state index in [0.717, 1.165) is 16.9 Å². The van der Waals surface area contributed by atoms with E-state index >= 15 is 0 Å². The van der Waals surface area contributed by atoms with Gasteiger partial charge < -0.3 is 19.5 Å². The van der Waals surface area contributed by atoms with Gasteiger partial charge in [0.15, 0.2) is 0 Å². The third-order valence-corrected chi connectivity index (χ3v) is 4.04. The lowest BCUT2D eigenvalue weighted by Crippen LogP contribution is -2.34. The van der Waals surface area contributed by atoms with Crippen molar-refractivity contribution in [1.29, 1.82) is 0 Å². The summed E-state index contributed by atoms with van der Waals surface area (Å²) in [5, 5.41) is 9.11. The number of ether oxygens (including phenoxy) is 2. The smallest absolute Gasteiger partial charge is 0.307 e. The highest BCUT2D eigenvalue weighted by Crippen LogP contribution is 2.15. The van der Waals surface area contributed by atoms with E-state index in [0.29, 0.717) is 6.61 Å². The molecule has 148 valence electrons. The SMILES string of the molecule is COC(=O)CCN(CCO)C(=O)/C=C/c1ccc(OCc2ccccc2)cc1. The molecule has 0 spiro atoms. The van der Waals surface area contributed by atoms with Gasteiger partial charge in [-0.1, -0.05) is 42.5 Å². The van der Waals surface area contributed by atoms with Gasteiger partial charge in [-0.15, -0.1) is 0 Å². The third-order valence-electron chi connectivity index (χ3n) is 4.04. The number of hydrogen-bond acceptors (Lipinski definition) is 5. The maximum atomic E-state index is 12.3. The molecule has 0 aliphatic rings. The van der Waals surface area contributed by atoms with Crippen molar-refractivity contribution >= 4 is 18.0 Å². The van der Waals surface area contributed by atoms with E-state index in [1.54, 1.807) is 6.08 Å². The fraction of sp³-hybridized carbons (Fsp3) is 0.273. The van der Waals surface area contributed by atoms with Crippen LogP contribution in [0.5, 0.6) is 5.75 Å². The molecule has 2 aromatic rings. The number of aliphatic hydroxyl groups is 1. The number of hydrogen-bond donors (Lipinski definition) is 1. The maximum Gasteiger partial charge on any atom is 0.307 e. The Morgan fingerprint density at radius 3 is 2.39 bits per heavy atom. The molecular weight excluding hydrogens is 358 g/mol. The summed E-state index contributed by atoms with van der Waals surface area (Å²) in [7, 11) is 1.30. The van der Waals surface area contributed by atoms with Crippen molar-refractivity contribution in [2.45, 2.75) is 13.0 Å². The van der Waals surface area contributed by atoms with Crippen molar-refractivity contribution in [2.24, 2.45) is 0 Å². The Morgan fingerprint density at radius 2 is 1.75 bits per heavy atom. The molecule has 0 aliphatic carbocycles. The molecule has 0 aromatic heterocycles. The Hall–Kier alpha value is -3.12. The molecule has 0 saturated heterocycles. The van der Waals surface area contributed by atoms with E-state index < -0.39 is 5.97 Å². The Morgan fingerprint density at radius 1 is 1.04 bits per heavy atom. The minimum atomic E-state index is -0.397. The molecule has 2 rings (SSSR count). The summed E-state index contributed by atoms with van der Waals surface area (Å²) in [5.41, 5.74) is 1.94. The Kier molecular flexibility index (Phi) is 8.75. The van der Waals surface area contributed by atoms with Gasteiger partial charge in [0.05, 0.1) is 20.1 Å². The van der Waals surface area contributed by atoms with Gasteiger partial charge in [-0.2, -0.15) is 0 Å². The second-order valence-corrected chi connectivity index (χ2v) is 6.05. The molecule has 1 amide bonds. The number of rotatable bonds is 10. The van der Waals surface area contributed by atoms with Crippen LogP contribution in [-0.4, -0.2) is 48.7 Å². The second kappa shape index (κ2) is 11.6. The van der Waals surface area contributed by atoms with Crippen LogP contribution in [0.4, 0.5) is 0 Å². The van der Waals surface area contributed by atoms with Gasteiger partial charge in [-0.3, -0.25) is 9.59 Å². The summed E-state index contributed by atoms with van der Waals surface area (Å²) in [4.78, 5) is 24.9. The van der Waals surface area contributed by atoms with Gasteiger partial charge >= 0.3 is 5.97 Å². The summed E-state index contributed by atoms with van der Waals surface area (Å²) in [6.45, 7) is 0.675. The van der Waals surface area contributed by atoms with Gasteiger partial charge in [-0.25, -0.2) is 0 Å². The van der Waals surface area contributed by atoms with E-state index in [1.807, 2.05) is 54.6 Å². The second-order valence-electron chi connectivity index (χ2n) is 6.05. The largest absolute Gasteiger partial charge is 0.489 e. The molecule has 28 heavy (non-hydrogen) atoms. The minimum absolute atomic E-state index is 0.0868. The summed E-state index contributed by atoms with van der Waals surface area (Å²) < 4.78 is 10.3. The monoisotopic (exact) mass is 383 g/mol. The van der Waals surface area contributed by atoms with Crippen LogP contribution in [0.25, 0.3) is 6.08 Å². The van der Waals surface area contributed by atoms with Crippen molar-refractivity contribution in [3.63, 3.8) is 0 Å². The average Bonchev–Trinajstić information content (AvgIpc) is 2.74. The predicted molar refractivity (Wildman–Crippen MR) is 107 cm³/mol. The lowest BCUT2D eigenvalue weighted by Gasteiger charge is -2.19. The fourth-order valence-electron chi connectivity index (χ4n) is 2.47. The molecule has 0 fully saturated rings. The van der Waals surface area contributed by atoms with E-state index in [9.17, 15) is 9.59 Å². The third kappa shape index (κ3) is 7.25. The molecule has 0 bridgehead atoms. The first kappa shape index (κ1) is 21.2. The molecule has 2 aromatic carbocycles. The zero-order valence-electron chi connectivity index (χ0n) is 15.9. The molecule has 0 heterocycles. The molecule has 0 radical (unpaired) electrons. The fourth-order valence-corrected chi connectivity index (χ4v) is 2.47. The molecule has 6 nitrogen and oxygen atoms in total. The average molecular weight is 383 g/mol. The molecule has 0 unspecified atom stereocenters. The van der Waals surface area contributed by atoms with Gasteiger partial charge in [0.25, 0.3) is 0 Å². The maximum absolute atomic E-state index is 12.3. The topological polar surface area (TPSA) is 76.1 Å². The van der Waals surface area contributed by atoms with Crippen LogP contribution < -0.4 is 4.74 Å². The molecular formula is C22H25NO5. The summed E-state index contributed by atoms with van der Waals surface area (Å²) >= 11 is 0. The van der Waals surface area contributed by atoms with Gasteiger partial charge in [0, 0.05) is 19.2 Å². The zero-order valence-corrected chi connectivity index (χ0v) is 15.9. The van der Waals surface area contributed by atoms with Gasteiger partial charge in [0.2, 0.25) is 5.91 Å². The van der Waals surface area contributed by atoms with Crippen LogP contribution in [0.1, 0.15) is 17.5 Å². The van der Waals surface area contributed by atoms with Crippen molar-refractivity contribution in [2.75, 3.05) is 26.8 Å². The summed E-state index contributed by atoms with van der Waals surface area (Å²) in [6, 6.07) is 17.3. The van der Waals surface area contributed by atoms with Crippen LogP contribution in [0.2, 0.25) is 0 Å². The molecule has 0 atom stereocenters. The van der Waals surface area contributed by atoms with Crippen LogP contribution in [-0.2, 0) is 20.9 Å². The lowest BCUT2D eigenvalue weighted by molar-refractivity contribution is -0.141. The number of aliphatic hydroxyl groups excluding tert-OH is 1. The first-order valence-electron chi connectivity index (χ1n) is 9.04. The van der Waals surface area contributed by atoms with Crippen molar-refractivity contribution in [3.05, 3.63) is 71.8 Å². The number of methoxy groups -OCH3 is 1. The van der Waals surface area contributed by atoms with E-state index in [1.165, 1.54) is 18.1 Å². The number of nitrogens with zero attached hydrogens (tertiary/aromatic N) is 1. The Bertz CT molecular complexity index is 771. The number of esters is 1. The van der Waals surface area contributed by atoms with Crippen LogP contribution in [0.15, 0.2) is 60.7 Å². The quantitative estimate of drug-likeness (QED) is 0.504. The highest BCUT2D eigenvalue weighted by atomic mass is 16.5. The summed E-state index contributed by atoms with van der Waals surface area (Å²) in [5.74, 6) is 0.0699. The lowest BCUT2D eigenvalue weighted by atomic mass is 10.2. The predicted octanol–water partition coefficient (Wildman–Crippen LogP) is 2.66. The van der Waals surface area contributed by atoms with Crippen molar-refractivity contribution < 1.29 is 24.2 Å². The normalized spacial score (nSPS) is 10.6. The van der Waals surface area contributed by atoms with Gasteiger partial charge in [-0.05, 0) is 29.3 Å².